The van der Waals surface area contributed by atoms with Gasteiger partial charge in [0.1, 0.15) is 0 Å². The van der Waals surface area contributed by atoms with Gasteiger partial charge in [-0.15, -0.1) is 12.4 Å². The number of nitrogens with two attached hydrogens (primary N) is 1. The van der Waals surface area contributed by atoms with Crippen molar-refractivity contribution >= 4 is 18.3 Å². The summed E-state index contributed by atoms with van der Waals surface area (Å²) >= 11 is 0. The number of carbonyl (C=O) groups excluding carboxylic acids is 1. The van der Waals surface area contributed by atoms with Crippen LogP contribution in [-0.2, 0) is 9.53 Å². The fourth-order valence-corrected chi connectivity index (χ4v) is 3.16. The van der Waals surface area contributed by atoms with Crippen LogP contribution in [0.4, 0.5) is 0 Å². The molecule has 2 N–H and O–H groups in total. The maximum Gasteiger partial charge on any atom is 0.242 e. The molecule has 2 fully saturated rings. The molecule has 0 spiro atoms. The lowest BCUT2D eigenvalue weighted by molar-refractivity contribution is -0.139. The molecule has 1 amide bonds. The van der Waals surface area contributed by atoms with E-state index in [1.54, 1.807) is 7.11 Å². The number of piperidine rings is 1. The molecule has 2 aliphatic rings. The first-order valence-corrected chi connectivity index (χ1v) is 6.73. The average molecular weight is 277 g/mol. The van der Waals surface area contributed by atoms with Crippen LogP contribution in [-0.4, -0.2) is 43.2 Å². The van der Waals surface area contributed by atoms with E-state index >= 15 is 0 Å². The van der Waals surface area contributed by atoms with Crippen molar-refractivity contribution in [3.05, 3.63) is 0 Å². The van der Waals surface area contributed by atoms with Gasteiger partial charge in [-0.25, -0.2) is 0 Å². The molecule has 1 heterocycles. The summed E-state index contributed by atoms with van der Waals surface area (Å²) in [7, 11) is 1.72. The molecule has 18 heavy (non-hydrogen) atoms. The first-order valence-electron chi connectivity index (χ1n) is 6.73. The standard InChI is InChI=1S/C13H24N2O2.ClH/c1-17-10-11-5-4-8-15(9-11)12(16)13(14)6-2-3-7-13;/h11H,2-10,14H2,1H3;1H. The number of likely N-dealkylation sites (tertiary alicyclic amines) is 1. The molecule has 0 aromatic carbocycles. The molecule has 0 bridgehead atoms. The van der Waals surface area contributed by atoms with Crippen molar-refractivity contribution in [1.29, 1.82) is 0 Å². The molecule has 0 aromatic heterocycles. The summed E-state index contributed by atoms with van der Waals surface area (Å²) in [6.07, 6.45) is 6.15. The zero-order valence-electron chi connectivity index (χ0n) is 11.2. The summed E-state index contributed by atoms with van der Waals surface area (Å²) in [5.74, 6) is 0.665. The highest BCUT2D eigenvalue weighted by Gasteiger charge is 2.40. The Hall–Kier alpha value is -0.320. The second-order valence-corrected chi connectivity index (χ2v) is 5.58. The Morgan fingerprint density at radius 3 is 2.67 bits per heavy atom. The number of halogens is 1. The van der Waals surface area contributed by atoms with Gasteiger partial charge >= 0.3 is 0 Å². The van der Waals surface area contributed by atoms with E-state index in [9.17, 15) is 4.79 Å². The number of carbonyl (C=O) groups is 1. The van der Waals surface area contributed by atoms with Gasteiger partial charge in [-0.05, 0) is 31.6 Å². The number of amides is 1. The number of hydrogen-bond acceptors (Lipinski definition) is 3. The van der Waals surface area contributed by atoms with Gasteiger partial charge in [-0.1, -0.05) is 12.8 Å². The molecule has 0 aromatic rings. The van der Waals surface area contributed by atoms with E-state index in [1.807, 2.05) is 4.90 Å². The Morgan fingerprint density at radius 1 is 1.39 bits per heavy atom. The third-order valence-corrected chi connectivity index (χ3v) is 4.13. The lowest BCUT2D eigenvalue weighted by Crippen LogP contribution is -2.56. The molecule has 1 aliphatic heterocycles. The highest BCUT2D eigenvalue weighted by Crippen LogP contribution is 2.30. The lowest BCUT2D eigenvalue weighted by Gasteiger charge is -2.37. The molecule has 106 valence electrons. The second-order valence-electron chi connectivity index (χ2n) is 5.58. The van der Waals surface area contributed by atoms with Gasteiger partial charge in [0.15, 0.2) is 0 Å². The minimum absolute atomic E-state index is 0. The summed E-state index contributed by atoms with van der Waals surface area (Å²) in [5.41, 5.74) is 5.67. The topological polar surface area (TPSA) is 55.6 Å². The van der Waals surface area contributed by atoms with Crippen LogP contribution in [0.2, 0.25) is 0 Å². The quantitative estimate of drug-likeness (QED) is 0.851. The third-order valence-electron chi connectivity index (χ3n) is 4.13. The van der Waals surface area contributed by atoms with Gasteiger partial charge in [0, 0.05) is 20.2 Å². The number of nitrogens with zero attached hydrogens (tertiary/aromatic N) is 1. The summed E-state index contributed by atoms with van der Waals surface area (Å²) in [5, 5.41) is 0. The first-order chi connectivity index (χ1) is 8.15. The van der Waals surface area contributed by atoms with Crippen LogP contribution >= 0.6 is 12.4 Å². The van der Waals surface area contributed by atoms with Crippen LogP contribution in [0.25, 0.3) is 0 Å². The van der Waals surface area contributed by atoms with Crippen molar-refractivity contribution in [2.45, 2.75) is 44.1 Å². The monoisotopic (exact) mass is 276 g/mol. The Labute approximate surface area is 116 Å². The average Bonchev–Trinajstić information content (AvgIpc) is 2.77. The predicted octanol–water partition coefficient (Wildman–Crippen LogP) is 1.56. The summed E-state index contributed by atoms with van der Waals surface area (Å²) in [6.45, 7) is 2.45. The maximum absolute atomic E-state index is 12.4. The molecular formula is C13H25ClN2O2. The van der Waals surface area contributed by atoms with E-state index in [1.165, 1.54) is 0 Å². The Kier molecular flexibility index (Phi) is 5.89. The van der Waals surface area contributed by atoms with Crippen LogP contribution in [0.1, 0.15) is 38.5 Å². The molecule has 1 unspecified atom stereocenters. The van der Waals surface area contributed by atoms with Crippen molar-refractivity contribution in [3.63, 3.8) is 0 Å². The van der Waals surface area contributed by atoms with Crippen LogP contribution in [0.3, 0.4) is 0 Å². The zero-order chi connectivity index (χ0) is 12.3. The molecule has 0 radical (unpaired) electrons. The second kappa shape index (κ2) is 6.73. The van der Waals surface area contributed by atoms with Gasteiger partial charge in [0.25, 0.3) is 0 Å². The van der Waals surface area contributed by atoms with Crippen LogP contribution in [0.15, 0.2) is 0 Å². The van der Waals surface area contributed by atoms with E-state index in [4.69, 9.17) is 10.5 Å². The lowest BCUT2D eigenvalue weighted by atomic mass is 9.93. The Morgan fingerprint density at radius 2 is 2.06 bits per heavy atom. The Bertz CT molecular complexity index is 278. The molecule has 1 atom stereocenters. The van der Waals surface area contributed by atoms with Crippen LogP contribution in [0.5, 0.6) is 0 Å². The van der Waals surface area contributed by atoms with Crippen molar-refractivity contribution in [1.82, 2.24) is 4.90 Å². The molecule has 4 nitrogen and oxygen atoms in total. The van der Waals surface area contributed by atoms with E-state index in [2.05, 4.69) is 0 Å². The molecule has 1 saturated heterocycles. The van der Waals surface area contributed by atoms with E-state index < -0.39 is 5.54 Å². The fraction of sp³-hybridized carbons (Fsp3) is 0.923. The van der Waals surface area contributed by atoms with Crippen LogP contribution < -0.4 is 5.73 Å². The number of hydrogen-bond donors (Lipinski definition) is 1. The maximum atomic E-state index is 12.4. The van der Waals surface area contributed by atoms with E-state index in [0.29, 0.717) is 5.92 Å². The molecule has 1 aliphatic carbocycles. The molecule has 2 rings (SSSR count). The Balaban J connectivity index is 0.00000162. The van der Waals surface area contributed by atoms with Crippen molar-refractivity contribution in [3.8, 4) is 0 Å². The summed E-state index contributed by atoms with van der Waals surface area (Å²) < 4.78 is 5.19. The minimum atomic E-state index is -0.561. The summed E-state index contributed by atoms with van der Waals surface area (Å²) in [6, 6.07) is 0. The largest absolute Gasteiger partial charge is 0.384 e. The predicted molar refractivity (Wildman–Crippen MR) is 73.8 cm³/mol. The van der Waals surface area contributed by atoms with Gasteiger partial charge in [-0.2, -0.15) is 0 Å². The van der Waals surface area contributed by atoms with Gasteiger partial charge in [-0.3, -0.25) is 4.79 Å². The smallest absolute Gasteiger partial charge is 0.242 e. The van der Waals surface area contributed by atoms with Gasteiger partial charge < -0.3 is 15.4 Å². The van der Waals surface area contributed by atoms with Gasteiger partial charge in [0.2, 0.25) is 5.91 Å². The number of rotatable bonds is 3. The zero-order valence-corrected chi connectivity index (χ0v) is 12.0. The number of methoxy groups -OCH3 is 1. The normalized spacial score (nSPS) is 26.8. The van der Waals surface area contributed by atoms with Crippen molar-refractivity contribution < 1.29 is 9.53 Å². The highest BCUT2D eigenvalue weighted by molar-refractivity contribution is 5.86. The SMILES string of the molecule is COCC1CCCN(C(=O)C2(N)CCCC2)C1.Cl. The summed E-state index contributed by atoms with van der Waals surface area (Å²) in [4.78, 5) is 14.4. The number of ether oxygens (including phenoxy) is 1. The fourth-order valence-electron chi connectivity index (χ4n) is 3.16. The van der Waals surface area contributed by atoms with E-state index in [-0.39, 0.29) is 18.3 Å². The van der Waals surface area contributed by atoms with Crippen molar-refractivity contribution in [2.75, 3.05) is 26.8 Å². The van der Waals surface area contributed by atoms with Crippen molar-refractivity contribution in [2.24, 2.45) is 11.7 Å². The molecule has 5 heteroatoms. The van der Waals surface area contributed by atoms with E-state index in [0.717, 1.165) is 58.2 Å². The molecule has 1 saturated carbocycles. The first kappa shape index (κ1) is 15.7. The highest BCUT2D eigenvalue weighted by atomic mass is 35.5. The molecular weight excluding hydrogens is 252 g/mol. The minimum Gasteiger partial charge on any atom is -0.384 e. The van der Waals surface area contributed by atoms with Gasteiger partial charge in [0.05, 0.1) is 12.1 Å². The van der Waals surface area contributed by atoms with Crippen LogP contribution in [0, 0.1) is 5.92 Å². The third kappa shape index (κ3) is 3.37.